The molecule has 0 atom stereocenters. The molecular formula is C19H28N4. The van der Waals surface area contributed by atoms with Gasteiger partial charge in [-0.3, -0.25) is 0 Å². The summed E-state index contributed by atoms with van der Waals surface area (Å²) in [4.78, 5) is 18.7. The topological polar surface area (TPSA) is 51.6 Å². The average Bonchev–Trinajstić information content (AvgIpc) is 2.35. The third-order valence-corrected chi connectivity index (χ3v) is 3.80. The van der Waals surface area contributed by atoms with Crippen LogP contribution in [0.25, 0.3) is 11.3 Å². The Hall–Kier alpha value is -1.84. The van der Waals surface area contributed by atoms with Crippen LogP contribution in [-0.2, 0) is 10.8 Å². The molecule has 0 bridgehead atoms. The lowest BCUT2D eigenvalue weighted by Gasteiger charge is -2.21. The van der Waals surface area contributed by atoms with Crippen LogP contribution in [-0.4, -0.2) is 19.9 Å². The average molecular weight is 312 g/mol. The zero-order chi connectivity index (χ0) is 17.6. The molecule has 2 heterocycles. The predicted molar refractivity (Wildman–Crippen MR) is 94.7 cm³/mol. The second kappa shape index (κ2) is 5.66. The Balaban J connectivity index is 2.66. The van der Waals surface area contributed by atoms with Gasteiger partial charge in [-0.1, -0.05) is 41.5 Å². The molecule has 0 spiro atoms. The summed E-state index contributed by atoms with van der Waals surface area (Å²) in [6, 6.07) is 2.07. The largest absolute Gasteiger partial charge is 0.238 e. The van der Waals surface area contributed by atoms with Gasteiger partial charge >= 0.3 is 0 Å². The van der Waals surface area contributed by atoms with E-state index in [9.17, 15) is 0 Å². The molecule has 23 heavy (non-hydrogen) atoms. The molecule has 0 saturated carbocycles. The summed E-state index contributed by atoms with van der Waals surface area (Å²) < 4.78 is 0. The van der Waals surface area contributed by atoms with Gasteiger partial charge in [0.15, 0.2) is 0 Å². The van der Waals surface area contributed by atoms with Crippen LogP contribution in [0.4, 0.5) is 0 Å². The lowest BCUT2D eigenvalue weighted by Crippen LogP contribution is -2.18. The monoisotopic (exact) mass is 312 g/mol. The zero-order valence-electron chi connectivity index (χ0n) is 15.9. The molecular weight excluding hydrogens is 284 g/mol. The molecule has 0 N–H and O–H groups in total. The molecule has 0 unspecified atom stereocenters. The van der Waals surface area contributed by atoms with E-state index in [1.165, 1.54) is 0 Å². The number of nitrogens with zero attached hydrogens (tertiary/aromatic N) is 4. The molecule has 124 valence electrons. The summed E-state index contributed by atoms with van der Waals surface area (Å²) in [7, 11) is 0. The maximum atomic E-state index is 4.73. The third kappa shape index (κ3) is 3.74. The van der Waals surface area contributed by atoms with Crippen LogP contribution >= 0.6 is 0 Å². The molecule has 0 aliphatic rings. The minimum atomic E-state index is -0.0633. The first kappa shape index (κ1) is 17.5. The lowest BCUT2D eigenvalue weighted by molar-refractivity contribution is 0.541. The minimum absolute atomic E-state index is 0.0174. The van der Waals surface area contributed by atoms with E-state index in [1.807, 2.05) is 20.8 Å². The number of aromatic nitrogens is 4. The molecule has 2 aromatic rings. The highest BCUT2D eigenvalue weighted by molar-refractivity contribution is 5.65. The molecule has 0 aliphatic carbocycles. The van der Waals surface area contributed by atoms with Gasteiger partial charge in [-0.15, -0.1) is 0 Å². The highest BCUT2D eigenvalue weighted by Crippen LogP contribution is 2.29. The molecule has 2 rings (SSSR count). The van der Waals surface area contributed by atoms with E-state index in [4.69, 9.17) is 9.97 Å². The Labute approximate surface area is 139 Å². The number of rotatable bonds is 1. The van der Waals surface area contributed by atoms with E-state index in [2.05, 4.69) is 57.6 Å². The second-order valence-corrected chi connectivity index (χ2v) is 8.28. The van der Waals surface area contributed by atoms with Gasteiger partial charge in [0.05, 0.1) is 22.8 Å². The molecule has 0 radical (unpaired) electrons. The van der Waals surface area contributed by atoms with Crippen LogP contribution in [0.15, 0.2) is 6.07 Å². The predicted octanol–water partition coefficient (Wildman–Crippen LogP) is 4.45. The first-order chi connectivity index (χ1) is 10.4. The highest BCUT2D eigenvalue weighted by Gasteiger charge is 2.23. The Morgan fingerprint density at radius 2 is 1.22 bits per heavy atom. The Bertz CT molecular complexity index is 711. The Kier molecular flexibility index (Phi) is 4.31. The minimum Gasteiger partial charge on any atom is -0.238 e. The number of hydrogen-bond donors (Lipinski definition) is 0. The lowest BCUT2D eigenvalue weighted by atomic mass is 9.90. The molecule has 0 saturated heterocycles. The van der Waals surface area contributed by atoms with Crippen molar-refractivity contribution >= 4 is 0 Å². The molecule has 0 fully saturated rings. The van der Waals surface area contributed by atoms with Crippen molar-refractivity contribution in [3.63, 3.8) is 0 Å². The van der Waals surface area contributed by atoms with Crippen molar-refractivity contribution in [2.24, 2.45) is 0 Å². The van der Waals surface area contributed by atoms with Gasteiger partial charge in [0.1, 0.15) is 11.6 Å². The summed E-state index contributed by atoms with van der Waals surface area (Å²) in [6.07, 6.45) is 0. The van der Waals surface area contributed by atoms with Gasteiger partial charge in [-0.2, -0.15) is 0 Å². The van der Waals surface area contributed by atoms with Crippen LogP contribution < -0.4 is 0 Å². The van der Waals surface area contributed by atoms with Crippen LogP contribution in [0.5, 0.6) is 0 Å². The van der Waals surface area contributed by atoms with E-state index < -0.39 is 0 Å². The standard InChI is InChI=1S/C19H28N4/c1-11-16(12(2)21-17(20-11)19(7,8)9)14-10-15(18(4,5)6)23-13(3)22-14/h10H,1-9H3. The molecule has 4 nitrogen and oxygen atoms in total. The van der Waals surface area contributed by atoms with Crippen molar-refractivity contribution in [1.29, 1.82) is 0 Å². The van der Waals surface area contributed by atoms with E-state index in [-0.39, 0.29) is 10.8 Å². The summed E-state index contributed by atoms with van der Waals surface area (Å²) in [5.41, 5.74) is 4.84. The number of aryl methyl sites for hydroxylation is 3. The normalized spacial score (nSPS) is 12.6. The smallest absolute Gasteiger partial charge is 0.134 e. The van der Waals surface area contributed by atoms with Crippen molar-refractivity contribution in [3.05, 3.63) is 34.8 Å². The van der Waals surface area contributed by atoms with Crippen LogP contribution in [0.2, 0.25) is 0 Å². The summed E-state index contributed by atoms with van der Waals surface area (Å²) in [6.45, 7) is 18.9. The van der Waals surface area contributed by atoms with Gasteiger partial charge < -0.3 is 0 Å². The molecule has 2 aromatic heterocycles. The maximum Gasteiger partial charge on any atom is 0.134 e. The summed E-state index contributed by atoms with van der Waals surface area (Å²) in [5.74, 6) is 1.66. The Morgan fingerprint density at radius 1 is 0.696 bits per heavy atom. The quantitative estimate of drug-likeness (QED) is 0.780. The van der Waals surface area contributed by atoms with E-state index in [0.717, 1.165) is 40.0 Å². The van der Waals surface area contributed by atoms with Crippen molar-refractivity contribution in [1.82, 2.24) is 19.9 Å². The summed E-state index contributed by atoms with van der Waals surface area (Å²) >= 11 is 0. The molecule has 0 amide bonds. The van der Waals surface area contributed by atoms with Gasteiger partial charge in [-0.05, 0) is 26.8 Å². The van der Waals surface area contributed by atoms with Crippen molar-refractivity contribution in [2.45, 2.75) is 73.1 Å². The Morgan fingerprint density at radius 3 is 1.65 bits per heavy atom. The van der Waals surface area contributed by atoms with Crippen molar-refractivity contribution in [2.75, 3.05) is 0 Å². The zero-order valence-corrected chi connectivity index (χ0v) is 15.9. The van der Waals surface area contributed by atoms with Gasteiger partial charge in [0.25, 0.3) is 0 Å². The number of hydrogen-bond acceptors (Lipinski definition) is 4. The van der Waals surface area contributed by atoms with E-state index >= 15 is 0 Å². The highest BCUT2D eigenvalue weighted by atomic mass is 14.9. The van der Waals surface area contributed by atoms with Crippen molar-refractivity contribution < 1.29 is 0 Å². The fourth-order valence-electron chi connectivity index (χ4n) is 2.50. The first-order valence-corrected chi connectivity index (χ1v) is 8.12. The first-order valence-electron chi connectivity index (χ1n) is 8.12. The van der Waals surface area contributed by atoms with Gasteiger partial charge in [0, 0.05) is 16.4 Å². The van der Waals surface area contributed by atoms with Crippen LogP contribution in [0.1, 0.15) is 70.3 Å². The second-order valence-electron chi connectivity index (χ2n) is 8.28. The van der Waals surface area contributed by atoms with Crippen LogP contribution in [0, 0.1) is 20.8 Å². The molecule has 0 aromatic carbocycles. The van der Waals surface area contributed by atoms with Crippen LogP contribution in [0.3, 0.4) is 0 Å². The maximum absolute atomic E-state index is 4.73. The summed E-state index contributed by atoms with van der Waals surface area (Å²) in [5, 5.41) is 0. The van der Waals surface area contributed by atoms with E-state index in [0.29, 0.717) is 0 Å². The fraction of sp³-hybridized carbons (Fsp3) is 0.579. The fourth-order valence-corrected chi connectivity index (χ4v) is 2.50. The molecule has 0 aliphatic heterocycles. The molecule has 4 heteroatoms. The van der Waals surface area contributed by atoms with Crippen molar-refractivity contribution in [3.8, 4) is 11.3 Å². The van der Waals surface area contributed by atoms with Gasteiger partial charge in [0.2, 0.25) is 0 Å². The van der Waals surface area contributed by atoms with E-state index in [1.54, 1.807) is 0 Å². The van der Waals surface area contributed by atoms with Gasteiger partial charge in [-0.25, -0.2) is 19.9 Å². The SMILES string of the molecule is Cc1nc(-c2c(C)nc(C(C)(C)C)nc2C)cc(C(C)(C)C)n1. The third-order valence-electron chi connectivity index (χ3n) is 3.80.